The Bertz CT molecular complexity index is 423. The molecular formula is C12H14N2O3. The van der Waals surface area contributed by atoms with Crippen molar-refractivity contribution in [2.45, 2.75) is 13.3 Å². The Morgan fingerprint density at radius 2 is 2.00 bits per heavy atom. The molecule has 0 fully saturated rings. The van der Waals surface area contributed by atoms with Gasteiger partial charge in [0.05, 0.1) is 0 Å². The van der Waals surface area contributed by atoms with Crippen LogP contribution < -0.4 is 5.32 Å². The van der Waals surface area contributed by atoms with Crippen LogP contribution in [0.5, 0.6) is 0 Å². The van der Waals surface area contributed by atoms with Crippen molar-refractivity contribution in [2.24, 2.45) is 5.18 Å². The van der Waals surface area contributed by atoms with Gasteiger partial charge < -0.3 is 10.4 Å². The van der Waals surface area contributed by atoms with E-state index < -0.39 is 11.6 Å². The lowest BCUT2D eigenvalue weighted by Crippen LogP contribution is -2.27. The minimum Gasteiger partial charge on any atom is -0.510 e. The van der Waals surface area contributed by atoms with Crippen LogP contribution in [-0.4, -0.2) is 17.6 Å². The van der Waals surface area contributed by atoms with Gasteiger partial charge in [0, 0.05) is 6.54 Å². The van der Waals surface area contributed by atoms with Gasteiger partial charge in [-0.3, -0.25) is 4.79 Å². The van der Waals surface area contributed by atoms with E-state index in [1.165, 1.54) is 6.92 Å². The first-order chi connectivity index (χ1) is 8.15. The summed E-state index contributed by atoms with van der Waals surface area (Å²) in [7, 11) is 0. The number of hydrogen-bond donors (Lipinski definition) is 2. The first-order valence-electron chi connectivity index (χ1n) is 5.20. The third-order valence-corrected chi connectivity index (χ3v) is 2.19. The van der Waals surface area contributed by atoms with Crippen molar-refractivity contribution in [3.05, 3.63) is 52.3 Å². The number of rotatable bonds is 5. The smallest absolute Gasteiger partial charge is 0.277 e. The zero-order chi connectivity index (χ0) is 12.7. The summed E-state index contributed by atoms with van der Waals surface area (Å²) < 4.78 is 0. The molecule has 0 bridgehead atoms. The van der Waals surface area contributed by atoms with Crippen LogP contribution in [0, 0.1) is 4.91 Å². The van der Waals surface area contributed by atoms with Gasteiger partial charge in [-0.2, -0.15) is 0 Å². The van der Waals surface area contributed by atoms with E-state index in [1.54, 1.807) is 0 Å². The van der Waals surface area contributed by atoms with Crippen LogP contribution in [0.4, 0.5) is 0 Å². The molecule has 2 N–H and O–H groups in total. The highest BCUT2D eigenvalue weighted by Gasteiger charge is 2.12. The predicted octanol–water partition coefficient (Wildman–Crippen LogP) is 1.90. The summed E-state index contributed by atoms with van der Waals surface area (Å²) in [4.78, 5) is 21.7. The minimum absolute atomic E-state index is 0.378. The van der Waals surface area contributed by atoms with Gasteiger partial charge >= 0.3 is 0 Å². The van der Waals surface area contributed by atoms with Crippen molar-refractivity contribution in [2.75, 3.05) is 6.54 Å². The van der Waals surface area contributed by atoms with E-state index in [0.717, 1.165) is 5.56 Å². The van der Waals surface area contributed by atoms with Crippen molar-refractivity contribution in [3.8, 4) is 0 Å². The summed E-state index contributed by atoms with van der Waals surface area (Å²) in [6.45, 7) is 1.63. The molecular weight excluding hydrogens is 220 g/mol. The number of amides is 1. The van der Waals surface area contributed by atoms with E-state index in [0.29, 0.717) is 13.0 Å². The molecule has 1 aromatic rings. The molecule has 1 aromatic carbocycles. The SMILES string of the molecule is C/C(O)=C(/N=O)C(=O)NCCc1ccccc1. The van der Waals surface area contributed by atoms with Gasteiger partial charge in [0.2, 0.25) is 5.70 Å². The van der Waals surface area contributed by atoms with Crippen LogP contribution in [0.15, 0.2) is 47.0 Å². The largest absolute Gasteiger partial charge is 0.510 e. The summed E-state index contributed by atoms with van der Waals surface area (Å²) in [6.07, 6.45) is 0.656. The molecule has 0 saturated carbocycles. The van der Waals surface area contributed by atoms with Crippen LogP contribution in [0.2, 0.25) is 0 Å². The number of nitrogens with zero attached hydrogens (tertiary/aromatic N) is 1. The van der Waals surface area contributed by atoms with E-state index in [-0.39, 0.29) is 5.76 Å². The number of nitroso groups, excluding NO2 is 1. The van der Waals surface area contributed by atoms with E-state index in [2.05, 4.69) is 10.5 Å². The molecule has 0 atom stereocenters. The van der Waals surface area contributed by atoms with Gasteiger partial charge in [-0.1, -0.05) is 30.3 Å². The van der Waals surface area contributed by atoms with Crippen molar-refractivity contribution in [1.82, 2.24) is 5.32 Å². The molecule has 5 heteroatoms. The van der Waals surface area contributed by atoms with E-state index in [1.807, 2.05) is 30.3 Å². The molecule has 0 saturated heterocycles. The van der Waals surface area contributed by atoms with Crippen molar-refractivity contribution < 1.29 is 9.90 Å². The molecule has 0 aliphatic carbocycles. The summed E-state index contributed by atoms with van der Waals surface area (Å²) in [5.41, 5.74) is 0.608. The fraction of sp³-hybridized carbons (Fsp3) is 0.250. The van der Waals surface area contributed by atoms with Crippen LogP contribution in [0.25, 0.3) is 0 Å². The number of nitrogens with one attached hydrogen (secondary N) is 1. The third-order valence-electron chi connectivity index (χ3n) is 2.19. The molecule has 0 spiro atoms. The first kappa shape index (κ1) is 12.9. The normalized spacial score (nSPS) is 11.6. The molecule has 0 unspecified atom stereocenters. The molecule has 0 aromatic heterocycles. The maximum Gasteiger partial charge on any atom is 0.277 e. The lowest BCUT2D eigenvalue weighted by atomic mass is 10.1. The third kappa shape index (κ3) is 4.06. The lowest BCUT2D eigenvalue weighted by molar-refractivity contribution is -0.117. The number of benzene rings is 1. The number of carbonyl (C=O) groups excluding carboxylic acids is 1. The second kappa shape index (κ2) is 6.42. The second-order valence-corrected chi connectivity index (χ2v) is 3.52. The summed E-state index contributed by atoms with van der Waals surface area (Å²) in [5, 5.41) is 14.0. The number of aliphatic hydroxyl groups excluding tert-OH is 1. The Labute approximate surface area is 99.1 Å². The van der Waals surface area contributed by atoms with Crippen LogP contribution in [-0.2, 0) is 11.2 Å². The van der Waals surface area contributed by atoms with E-state index in [9.17, 15) is 9.70 Å². The number of hydrogen-bond acceptors (Lipinski definition) is 4. The van der Waals surface area contributed by atoms with Crippen molar-refractivity contribution in [1.29, 1.82) is 0 Å². The Morgan fingerprint density at radius 3 is 2.53 bits per heavy atom. The zero-order valence-electron chi connectivity index (χ0n) is 9.51. The van der Waals surface area contributed by atoms with Gasteiger partial charge in [-0.25, -0.2) is 0 Å². The topological polar surface area (TPSA) is 78.8 Å². The van der Waals surface area contributed by atoms with Crippen LogP contribution in [0.1, 0.15) is 12.5 Å². The first-order valence-corrected chi connectivity index (χ1v) is 5.20. The molecule has 0 heterocycles. The maximum atomic E-state index is 11.4. The minimum atomic E-state index is -0.657. The van der Waals surface area contributed by atoms with Crippen LogP contribution in [0.3, 0.4) is 0 Å². The average Bonchev–Trinajstić information content (AvgIpc) is 2.30. The quantitative estimate of drug-likeness (QED) is 0.464. The van der Waals surface area contributed by atoms with Crippen molar-refractivity contribution in [3.63, 3.8) is 0 Å². The average molecular weight is 234 g/mol. The zero-order valence-corrected chi connectivity index (χ0v) is 9.51. The van der Waals surface area contributed by atoms with Gasteiger partial charge in [0.15, 0.2) is 0 Å². The molecule has 90 valence electrons. The van der Waals surface area contributed by atoms with Gasteiger partial charge in [0.25, 0.3) is 5.91 Å². The Kier molecular flexibility index (Phi) is 4.87. The fourth-order valence-electron chi connectivity index (χ4n) is 1.32. The summed E-state index contributed by atoms with van der Waals surface area (Å²) in [5.74, 6) is -1.03. The Hall–Kier alpha value is -2.17. The summed E-state index contributed by atoms with van der Waals surface area (Å²) in [6, 6.07) is 9.62. The van der Waals surface area contributed by atoms with Gasteiger partial charge in [-0.15, -0.1) is 4.91 Å². The summed E-state index contributed by atoms with van der Waals surface area (Å²) >= 11 is 0. The molecule has 5 nitrogen and oxygen atoms in total. The number of carbonyl (C=O) groups is 1. The highest BCUT2D eigenvalue weighted by atomic mass is 16.3. The highest BCUT2D eigenvalue weighted by Crippen LogP contribution is 2.03. The fourth-order valence-corrected chi connectivity index (χ4v) is 1.32. The van der Waals surface area contributed by atoms with E-state index >= 15 is 0 Å². The second-order valence-electron chi connectivity index (χ2n) is 3.52. The molecule has 17 heavy (non-hydrogen) atoms. The highest BCUT2D eigenvalue weighted by molar-refractivity contribution is 5.93. The number of allylic oxidation sites excluding steroid dienone is 1. The molecule has 1 rings (SSSR count). The Balaban J connectivity index is 2.45. The number of aliphatic hydroxyl groups is 1. The molecule has 0 aliphatic heterocycles. The molecule has 1 amide bonds. The maximum absolute atomic E-state index is 11.4. The lowest BCUT2D eigenvalue weighted by Gasteiger charge is -2.04. The monoisotopic (exact) mass is 234 g/mol. The molecule has 0 radical (unpaired) electrons. The van der Waals surface area contributed by atoms with Gasteiger partial charge in [-0.05, 0) is 24.1 Å². The standard InChI is InChI=1S/C12H14N2O3/c1-9(15)11(14-17)12(16)13-8-7-10-5-3-2-4-6-10/h2-6,15H,7-8H2,1H3,(H,13,16)/b11-9-. The van der Waals surface area contributed by atoms with E-state index in [4.69, 9.17) is 5.11 Å². The van der Waals surface area contributed by atoms with Crippen molar-refractivity contribution >= 4 is 5.91 Å². The van der Waals surface area contributed by atoms with Gasteiger partial charge in [0.1, 0.15) is 5.76 Å². The Morgan fingerprint density at radius 1 is 1.35 bits per heavy atom. The molecule has 0 aliphatic rings. The predicted molar refractivity (Wildman–Crippen MR) is 64.3 cm³/mol. The van der Waals surface area contributed by atoms with Crippen LogP contribution >= 0.6 is 0 Å².